The summed E-state index contributed by atoms with van der Waals surface area (Å²) in [7, 11) is 0. The van der Waals surface area contributed by atoms with Crippen molar-refractivity contribution in [2.24, 2.45) is 0 Å². The molecule has 1 fully saturated rings. The van der Waals surface area contributed by atoms with Crippen LogP contribution in [-0.4, -0.2) is 17.8 Å². The van der Waals surface area contributed by atoms with Gasteiger partial charge in [0.05, 0.1) is 10.7 Å². The molecule has 0 saturated carbocycles. The highest BCUT2D eigenvalue weighted by Crippen LogP contribution is 2.30. The van der Waals surface area contributed by atoms with Gasteiger partial charge in [-0.3, -0.25) is 14.9 Å². The number of rotatable bonds is 5. The minimum atomic E-state index is -0.783. The molecule has 37 heavy (non-hydrogen) atoms. The SMILES string of the molecule is Cc1ccc(N2C(=O)NC(=O)/C(=C\c3ccc(OCc4cccc5ccccc45)c(Cl)c3)C2=O)c(C)c1. The van der Waals surface area contributed by atoms with Crippen LogP contribution in [0.5, 0.6) is 5.75 Å². The summed E-state index contributed by atoms with van der Waals surface area (Å²) < 4.78 is 5.98. The zero-order chi connectivity index (χ0) is 26.1. The van der Waals surface area contributed by atoms with E-state index in [0.717, 1.165) is 32.4 Å². The summed E-state index contributed by atoms with van der Waals surface area (Å²) in [6, 6.07) is 23.7. The molecule has 184 valence electrons. The van der Waals surface area contributed by atoms with Crippen LogP contribution in [0.1, 0.15) is 22.3 Å². The average Bonchev–Trinajstić information content (AvgIpc) is 2.87. The van der Waals surface area contributed by atoms with Crippen molar-refractivity contribution in [3.63, 3.8) is 0 Å². The molecule has 0 radical (unpaired) electrons. The van der Waals surface area contributed by atoms with Crippen molar-refractivity contribution in [3.8, 4) is 5.75 Å². The maximum Gasteiger partial charge on any atom is 0.335 e. The fourth-order valence-electron chi connectivity index (χ4n) is 4.40. The van der Waals surface area contributed by atoms with E-state index in [4.69, 9.17) is 16.3 Å². The summed E-state index contributed by atoms with van der Waals surface area (Å²) in [5.74, 6) is -0.986. The Morgan fingerprint density at radius 3 is 2.49 bits per heavy atom. The number of hydrogen-bond acceptors (Lipinski definition) is 4. The predicted molar refractivity (Wildman–Crippen MR) is 145 cm³/mol. The molecule has 4 aromatic carbocycles. The molecule has 1 N–H and O–H groups in total. The van der Waals surface area contributed by atoms with Gasteiger partial charge in [0, 0.05) is 0 Å². The fraction of sp³-hybridized carbons (Fsp3) is 0.100. The molecule has 4 aromatic rings. The van der Waals surface area contributed by atoms with E-state index in [9.17, 15) is 14.4 Å². The summed E-state index contributed by atoms with van der Waals surface area (Å²) in [4.78, 5) is 39.3. The lowest BCUT2D eigenvalue weighted by atomic mass is 10.0. The zero-order valence-corrected chi connectivity index (χ0v) is 21.0. The Labute approximate surface area is 219 Å². The van der Waals surface area contributed by atoms with E-state index >= 15 is 0 Å². The number of fused-ring (bicyclic) bond motifs is 1. The number of ether oxygens (including phenoxy) is 1. The number of imide groups is 2. The standard InChI is InChI=1S/C30H23ClN2O4/c1-18-10-12-26(19(2)14-18)33-29(35)24(28(34)32-30(33)36)15-20-11-13-27(25(31)16-20)37-17-22-8-5-7-21-6-3-4-9-23(21)22/h3-16H,17H2,1-2H3,(H,32,34,36)/b24-15+. The Morgan fingerprint density at radius 2 is 1.70 bits per heavy atom. The molecule has 1 aliphatic heterocycles. The Hall–Kier alpha value is -4.42. The highest BCUT2D eigenvalue weighted by Gasteiger charge is 2.37. The molecule has 0 aromatic heterocycles. The number of hydrogen-bond donors (Lipinski definition) is 1. The van der Waals surface area contributed by atoms with Gasteiger partial charge in [0.1, 0.15) is 17.9 Å². The van der Waals surface area contributed by atoms with Crippen LogP contribution in [0.3, 0.4) is 0 Å². The Balaban J connectivity index is 1.39. The van der Waals surface area contributed by atoms with Gasteiger partial charge in [-0.15, -0.1) is 0 Å². The molecule has 1 heterocycles. The minimum Gasteiger partial charge on any atom is -0.487 e. The summed E-state index contributed by atoms with van der Waals surface area (Å²) in [6.45, 7) is 4.05. The van der Waals surface area contributed by atoms with Crippen molar-refractivity contribution < 1.29 is 19.1 Å². The predicted octanol–water partition coefficient (Wildman–Crippen LogP) is 6.36. The minimum absolute atomic E-state index is 0.167. The lowest BCUT2D eigenvalue weighted by molar-refractivity contribution is -0.122. The van der Waals surface area contributed by atoms with Crippen molar-refractivity contribution >= 4 is 52.0 Å². The van der Waals surface area contributed by atoms with E-state index in [1.807, 2.05) is 55.5 Å². The van der Waals surface area contributed by atoms with E-state index in [0.29, 0.717) is 28.6 Å². The van der Waals surface area contributed by atoms with Crippen LogP contribution in [0, 0.1) is 13.8 Å². The summed E-state index contributed by atoms with van der Waals surface area (Å²) in [6.07, 6.45) is 1.42. The Morgan fingerprint density at radius 1 is 0.919 bits per heavy atom. The monoisotopic (exact) mass is 510 g/mol. The number of halogens is 1. The largest absolute Gasteiger partial charge is 0.487 e. The number of nitrogens with zero attached hydrogens (tertiary/aromatic N) is 1. The topological polar surface area (TPSA) is 75.7 Å². The number of carbonyl (C=O) groups excluding carboxylic acids is 3. The molecular weight excluding hydrogens is 488 g/mol. The van der Waals surface area contributed by atoms with E-state index in [1.165, 1.54) is 6.08 Å². The van der Waals surface area contributed by atoms with E-state index in [1.54, 1.807) is 37.3 Å². The average molecular weight is 511 g/mol. The Bertz CT molecular complexity index is 1600. The number of nitrogens with one attached hydrogen (secondary N) is 1. The number of anilines is 1. The highest BCUT2D eigenvalue weighted by atomic mass is 35.5. The quantitative estimate of drug-likeness (QED) is 0.250. The molecule has 0 unspecified atom stereocenters. The first-order valence-corrected chi connectivity index (χ1v) is 12.1. The number of amides is 4. The van der Waals surface area contributed by atoms with E-state index in [-0.39, 0.29) is 5.57 Å². The van der Waals surface area contributed by atoms with Gasteiger partial charge in [0.15, 0.2) is 0 Å². The number of aryl methyl sites for hydroxylation is 2. The third-order valence-electron chi connectivity index (χ3n) is 6.22. The van der Waals surface area contributed by atoms with Gasteiger partial charge in [-0.1, -0.05) is 77.8 Å². The molecule has 0 aliphatic carbocycles. The van der Waals surface area contributed by atoms with Crippen molar-refractivity contribution in [1.82, 2.24) is 5.32 Å². The summed E-state index contributed by atoms with van der Waals surface area (Å²) >= 11 is 6.48. The van der Waals surface area contributed by atoms with Crippen LogP contribution >= 0.6 is 11.6 Å². The van der Waals surface area contributed by atoms with Crippen LogP contribution in [0.25, 0.3) is 16.8 Å². The molecule has 7 heteroatoms. The smallest absolute Gasteiger partial charge is 0.335 e. The third-order valence-corrected chi connectivity index (χ3v) is 6.52. The van der Waals surface area contributed by atoms with Gasteiger partial charge in [-0.2, -0.15) is 0 Å². The van der Waals surface area contributed by atoms with Gasteiger partial charge in [-0.25, -0.2) is 9.69 Å². The van der Waals surface area contributed by atoms with Crippen LogP contribution < -0.4 is 15.0 Å². The van der Waals surface area contributed by atoms with Crippen molar-refractivity contribution in [1.29, 1.82) is 0 Å². The lowest BCUT2D eigenvalue weighted by Crippen LogP contribution is -2.54. The van der Waals surface area contributed by atoms with Gasteiger partial charge in [0.2, 0.25) is 0 Å². The number of benzene rings is 4. The first kappa shape index (κ1) is 24.3. The number of carbonyl (C=O) groups is 3. The van der Waals surface area contributed by atoms with Crippen molar-refractivity contribution in [2.45, 2.75) is 20.5 Å². The van der Waals surface area contributed by atoms with Gasteiger partial charge < -0.3 is 4.74 Å². The first-order chi connectivity index (χ1) is 17.8. The molecule has 1 aliphatic rings. The third kappa shape index (κ3) is 4.84. The maximum absolute atomic E-state index is 13.2. The maximum atomic E-state index is 13.2. The molecule has 0 atom stereocenters. The second kappa shape index (κ2) is 9.91. The zero-order valence-electron chi connectivity index (χ0n) is 20.2. The normalized spacial score (nSPS) is 14.8. The lowest BCUT2D eigenvalue weighted by Gasteiger charge is -2.27. The van der Waals surface area contributed by atoms with Gasteiger partial charge >= 0.3 is 6.03 Å². The first-order valence-electron chi connectivity index (χ1n) is 11.7. The molecular formula is C30H23ClN2O4. The van der Waals surface area contributed by atoms with Crippen LogP contribution in [0.4, 0.5) is 10.5 Å². The molecule has 0 spiro atoms. The van der Waals surface area contributed by atoms with Crippen LogP contribution in [0.2, 0.25) is 5.02 Å². The fourth-order valence-corrected chi connectivity index (χ4v) is 4.64. The van der Waals surface area contributed by atoms with E-state index in [2.05, 4.69) is 5.32 Å². The summed E-state index contributed by atoms with van der Waals surface area (Å²) in [5, 5.41) is 4.81. The highest BCUT2D eigenvalue weighted by molar-refractivity contribution is 6.39. The van der Waals surface area contributed by atoms with Crippen molar-refractivity contribution in [3.05, 3.63) is 112 Å². The molecule has 4 amide bonds. The molecule has 6 nitrogen and oxygen atoms in total. The van der Waals surface area contributed by atoms with Crippen LogP contribution in [-0.2, 0) is 16.2 Å². The van der Waals surface area contributed by atoms with Crippen LogP contribution in [0.15, 0.2) is 84.4 Å². The number of barbiturate groups is 1. The number of urea groups is 1. The Kier molecular flexibility index (Phi) is 6.51. The van der Waals surface area contributed by atoms with Crippen molar-refractivity contribution in [2.75, 3.05) is 4.90 Å². The second-order valence-corrected chi connectivity index (χ2v) is 9.27. The molecule has 5 rings (SSSR count). The van der Waals surface area contributed by atoms with Gasteiger partial charge in [-0.05, 0) is 65.6 Å². The molecule has 0 bridgehead atoms. The second-order valence-electron chi connectivity index (χ2n) is 8.86. The molecule has 1 saturated heterocycles. The van der Waals surface area contributed by atoms with Gasteiger partial charge in [0.25, 0.3) is 11.8 Å². The summed E-state index contributed by atoms with van der Waals surface area (Å²) in [5.41, 5.74) is 3.54. The van der Waals surface area contributed by atoms with E-state index < -0.39 is 17.8 Å².